The Morgan fingerprint density at radius 2 is 2.04 bits per heavy atom. The summed E-state index contributed by atoms with van der Waals surface area (Å²) in [5, 5.41) is 1.84. The number of rotatable bonds is 4. The zero-order chi connectivity index (χ0) is 18.2. The average Bonchev–Trinajstić information content (AvgIpc) is 3.08. The number of methoxy groups -OCH3 is 1. The molecule has 2 aromatic rings. The number of esters is 1. The fourth-order valence-corrected chi connectivity index (χ4v) is 5.43. The molecule has 2 heterocycles. The van der Waals surface area contributed by atoms with Gasteiger partial charge in [-0.3, -0.25) is 4.79 Å². The third kappa shape index (κ3) is 3.12. The molecule has 1 aromatic carbocycles. The van der Waals surface area contributed by atoms with E-state index in [2.05, 4.69) is 0 Å². The van der Waals surface area contributed by atoms with Crippen LogP contribution in [0.5, 0.6) is 0 Å². The van der Waals surface area contributed by atoms with Crippen molar-refractivity contribution in [2.45, 2.75) is 24.3 Å². The number of carbonyl (C=O) groups excluding carboxylic acids is 2. The highest BCUT2D eigenvalue weighted by Gasteiger charge is 2.41. The van der Waals surface area contributed by atoms with Crippen molar-refractivity contribution in [3.05, 3.63) is 51.7 Å². The Kier molecular flexibility index (Phi) is 4.77. The van der Waals surface area contributed by atoms with Crippen molar-refractivity contribution < 1.29 is 22.7 Å². The molecule has 0 radical (unpaired) electrons. The van der Waals surface area contributed by atoms with Gasteiger partial charge in [0.1, 0.15) is 6.04 Å². The number of Topliss-reactive ketones (excluding diaryl/α,β-unsaturated/α-hetero) is 1. The maximum Gasteiger partial charge on any atom is 0.328 e. The molecule has 1 aliphatic heterocycles. The summed E-state index contributed by atoms with van der Waals surface area (Å²) in [6.45, 7) is 1.56. The number of ketones is 1. The number of hydrogen-bond acceptors (Lipinski definition) is 6. The second-order valence-corrected chi connectivity index (χ2v) is 8.57. The van der Waals surface area contributed by atoms with Crippen LogP contribution in [0, 0.1) is 0 Å². The Labute approximate surface area is 150 Å². The summed E-state index contributed by atoms with van der Waals surface area (Å²) in [4.78, 5) is 24.9. The Bertz CT molecular complexity index is 932. The normalized spacial score (nSPS) is 17.8. The van der Waals surface area contributed by atoms with Crippen LogP contribution in [0.25, 0.3) is 0 Å². The van der Waals surface area contributed by atoms with Crippen molar-refractivity contribution in [3.63, 3.8) is 0 Å². The van der Waals surface area contributed by atoms with E-state index < -0.39 is 22.0 Å². The van der Waals surface area contributed by atoms with E-state index in [4.69, 9.17) is 4.74 Å². The van der Waals surface area contributed by atoms with Crippen LogP contribution in [-0.2, 0) is 26.0 Å². The lowest BCUT2D eigenvalue weighted by molar-refractivity contribution is -0.145. The molecule has 0 N–H and O–H groups in total. The monoisotopic (exact) mass is 379 g/mol. The molecule has 1 unspecified atom stereocenters. The number of hydrogen-bond donors (Lipinski definition) is 0. The van der Waals surface area contributed by atoms with Crippen molar-refractivity contribution in [2.75, 3.05) is 13.7 Å². The smallest absolute Gasteiger partial charge is 0.328 e. The minimum Gasteiger partial charge on any atom is -0.468 e. The highest BCUT2D eigenvalue weighted by Crippen LogP contribution is 2.37. The van der Waals surface area contributed by atoms with E-state index >= 15 is 0 Å². The van der Waals surface area contributed by atoms with Crippen LogP contribution in [0.3, 0.4) is 0 Å². The number of ether oxygens (including phenoxy) is 1. The number of thiophene rings is 1. The van der Waals surface area contributed by atoms with E-state index in [9.17, 15) is 18.0 Å². The number of benzene rings is 1. The van der Waals surface area contributed by atoms with Crippen molar-refractivity contribution in [2.24, 2.45) is 0 Å². The highest BCUT2D eigenvalue weighted by molar-refractivity contribution is 7.89. The summed E-state index contributed by atoms with van der Waals surface area (Å²) in [6, 6.07) is 6.61. The molecule has 0 saturated heterocycles. The van der Waals surface area contributed by atoms with Gasteiger partial charge in [-0.1, -0.05) is 12.1 Å². The second-order valence-electron chi connectivity index (χ2n) is 5.67. The van der Waals surface area contributed by atoms with Gasteiger partial charge in [-0.2, -0.15) is 4.31 Å². The van der Waals surface area contributed by atoms with Gasteiger partial charge < -0.3 is 4.74 Å². The Morgan fingerprint density at radius 3 is 2.72 bits per heavy atom. The summed E-state index contributed by atoms with van der Waals surface area (Å²) in [7, 11) is -2.72. The van der Waals surface area contributed by atoms with Crippen LogP contribution in [0.2, 0.25) is 0 Å². The molecule has 0 saturated carbocycles. The van der Waals surface area contributed by atoms with Gasteiger partial charge in [0.05, 0.1) is 12.0 Å². The third-order valence-corrected chi connectivity index (χ3v) is 7.05. The molecule has 0 fully saturated rings. The van der Waals surface area contributed by atoms with E-state index in [0.717, 1.165) is 9.18 Å². The Balaban J connectivity index is 2.08. The molecular weight excluding hydrogens is 362 g/mol. The molecule has 3 rings (SSSR count). The minimum atomic E-state index is -3.96. The van der Waals surface area contributed by atoms with Crippen LogP contribution >= 0.6 is 11.3 Å². The molecule has 0 spiro atoms. The van der Waals surface area contributed by atoms with Crippen LogP contribution in [0.1, 0.15) is 33.8 Å². The highest BCUT2D eigenvalue weighted by atomic mass is 32.2. The van der Waals surface area contributed by atoms with Gasteiger partial charge in [0.15, 0.2) is 5.78 Å². The molecule has 25 heavy (non-hydrogen) atoms. The predicted octanol–water partition coefficient (Wildman–Crippen LogP) is 2.41. The van der Waals surface area contributed by atoms with Gasteiger partial charge in [-0.15, -0.1) is 11.3 Å². The summed E-state index contributed by atoms with van der Waals surface area (Å²) in [5.41, 5.74) is 0.971. The van der Waals surface area contributed by atoms with Gasteiger partial charge in [0.25, 0.3) is 0 Å². The molecule has 1 aromatic heterocycles. The molecule has 8 heteroatoms. The van der Waals surface area contributed by atoms with Crippen LogP contribution in [-0.4, -0.2) is 38.1 Å². The zero-order valence-corrected chi connectivity index (χ0v) is 15.4. The quantitative estimate of drug-likeness (QED) is 0.602. The number of carbonyl (C=O) groups is 2. The standard InChI is InChI=1S/C17H17NO5S2/c1-11(19)12-4-3-5-13(10-12)25(21,22)18-8-6-15-14(7-9-24-15)16(18)17(20)23-2/h3-5,7,9-10,16H,6,8H2,1-2H3. The first-order chi connectivity index (χ1) is 11.9. The molecule has 0 amide bonds. The molecule has 1 aliphatic rings. The van der Waals surface area contributed by atoms with Gasteiger partial charge in [-0.05, 0) is 42.5 Å². The summed E-state index contributed by atoms with van der Waals surface area (Å²) < 4.78 is 32.3. The van der Waals surface area contributed by atoms with E-state index in [-0.39, 0.29) is 17.2 Å². The predicted molar refractivity (Wildman–Crippen MR) is 93.1 cm³/mol. The van der Waals surface area contributed by atoms with E-state index in [1.54, 1.807) is 12.1 Å². The van der Waals surface area contributed by atoms with Crippen LogP contribution < -0.4 is 0 Å². The molecular formula is C17H17NO5S2. The first-order valence-corrected chi connectivity index (χ1v) is 9.95. The first kappa shape index (κ1) is 17.8. The lowest BCUT2D eigenvalue weighted by atomic mass is 10.0. The first-order valence-electron chi connectivity index (χ1n) is 7.63. The van der Waals surface area contributed by atoms with Gasteiger partial charge in [-0.25, -0.2) is 13.2 Å². The van der Waals surface area contributed by atoms with E-state index in [0.29, 0.717) is 17.5 Å². The van der Waals surface area contributed by atoms with Gasteiger partial charge >= 0.3 is 5.97 Å². The Morgan fingerprint density at radius 1 is 1.28 bits per heavy atom. The molecule has 0 aliphatic carbocycles. The topological polar surface area (TPSA) is 80.8 Å². The molecule has 132 valence electrons. The fraction of sp³-hybridized carbons (Fsp3) is 0.294. The van der Waals surface area contributed by atoms with Crippen molar-refractivity contribution in [3.8, 4) is 0 Å². The maximum absolute atomic E-state index is 13.1. The SMILES string of the molecule is COC(=O)C1c2ccsc2CCN1S(=O)(=O)c1cccc(C(C)=O)c1. The van der Waals surface area contributed by atoms with Crippen molar-refractivity contribution in [1.29, 1.82) is 0 Å². The van der Waals surface area contributed by atoms with Gasteiger partial charge in [0.2, 0.25) is 10.0 Å². The number of fused-ring (bicyclic) bond motifs is 1. The maximum atomic E-state index is 13.1. The molecule has 0 bridgehead atoms. The van der Waals surface area contributed by atoms with Crippen LogP contribution in [0.15, 0.2) is 40.6 Å². The Hall–Kier alpha value is -2.03. The lowest BCUT2D eigenvalue weighted by Gasteiger charge is -2.33. The zero-order valence-electron chi connectivity index (χ0n) is 13.8. The second kappa shape index (κ2) is 6.70. The summed E-state index contributed by atoms with van der Waals surface area (Å²) >= 11 is 1.50. The third-order valence-electron chi connectivity index (χ3n) is 4.19. The summed E-state index contributed by atoms with van der Waals surface area (Å²) in [6.07, 6.45) is 0.534. The average molecular weight is 379 g/mol. The van der Waals surface area contributed by atoms with Crippen molar-refractivity contribution in [1.82, 2.24) is 4.31 Å². The number of nitrogens with zero attached hydrogens (tertiary/aromatic N) is 1. The van der Waals surface area contributed by atoms with E-state index in [1.807, 2.05) is 5.38 Å². The minimum absolute atomic E-state index is 0.00668. The molecule has 1 atom stereocenters. The number of sulfonamides is 1. The molecule has 6 nitrogen and oxygen atoms in total. The van der Waals surface area contributed by atoms with E-state index in [1.165, 1.54) is 43.6 Å². The van der Waals surface area contributed by atoms with Crippen LogP contribution in [0.4, 0.5) is 0 Å². The largest absolute Gasteiger partial charge is 0.468 e. The summed E-state index contributed by atoms with van der Waals surface area (Å²) in [5.74, 6) is -0.842. The van der Waals surface area contributed by atoms with Crippen molar-refractivity contribution >= 4 is 33.1 Å². The fourth-order valence-electron chi connectivity index (χ4n) is 2.92. The lowest BCUT2D eigenvalue weighted by Crippen LogP contribution is -2.43. The van der Waals surface area contributed by atoms with Gasteiger partial charge in [0, 0.05) is 17.0 Å².